The number of nitrogens with one attached hydrogen (secondary N) is 2. The lowest BCUT2D eigenvalue weighted by molar-refractivity contribution is -0.255. The molecule has 0 saturated carbocycles. The second-order valence-corrected chi connectivity index (χ2v) is 15.2. The zero-order chi connectivity index (χ0) is 36.1. The molecule has 4 atom stereocenters. The fourth-order valence-electron chi connectivity index (χ4n) is 6.42. The van der Waals surface area contributed by atoms with Gasteiger partial charge in [0.2, 0.25) is 5.91 Å². The molecule has 264 valence electrons. The highest BCUT2D eigenvalue weighted by molar-refractivity contribution is 7.99. The van der Waals surface area contributed by atoms with Crippen molar-refractivity contribution >= 4 is 50.0 Å². The van der Waals surface area contributed by atoms with Gasteiger partial charge in [0.05, 0.1) is 24.3 Å². The molecule has 0 spiro atoms. The Labute approximate surface area is 307 Å². The number of thioether (sulfide) groups is 1. The number of rotatable bonds is 11. The van der Waals surface area contributed by atoms with E-state index in [0.717, 1.165) is 32.7 Å². The van der Waals surface area contributed by atoms with Gasteiger partial charge in [0.25, 0.3) is 10.0 Å². The second kappa shape index (κ2) is 15.7. The molecule has 1 saturated heterocycles. The first kappa shape index (κ1) is 35.4. The number of fused-ring (bicyclic) bond motifs is 1. The minimum absolute atomic E-state index is 0.0722. The van der Waals surface area contributed by atoms with Gasteiger partial charge in [-0.25, -0.2) is 8.42 Å². The van der Waals surface area contributed by atoms with Crippen LogP contribution in [0.5, 0.6) is 0 Å². The van der Waals surface area contributed by atoms with E-state index in [2.05, 4.69) is 27.2 Å². The van der Waals surface area contributed by atoms with Crippen molar-refractivity contribution in [3.63, 3.8) is 0 Å². The predicted molar refractivity (Wildman–Crippen MR) is 203 cm³/mol. The van der Waals surface area contributed by atoms with Gasteiger partial charge in [-0.1, -0.05) is 84.9 Å². The summed E-state index contributed by atoms with van der Waals surface area (Å²) in [5.41, 5.74) is 4.88. The van der Waals surface area contributed by atoms with Gasteiger partial charge in [-0.05, 0) is 65.2 Å². The molecule has 0 radical (unpaired) electrons. The molecule has 7 rings (SSSR count). The highest BCUT2D eigenvalue weighted by atomic mass is 32.2. The fraction of sp³-hybridized carbons (Fsp3) is 0.171. The molecule has 0 bridgehead atoms. The van der Waals surface area contributed by atoms with Crippen molar-refractivity contribution in [2.45, 2.75) is 47.7 Å². The molecule has 6 aromatic rings. The summed E-state index contributed by atoms with van der Waals surface area (Å²) in [5.74, 6) is 0.238. The average Bonchev–Trinajstić information content (AvgIpc) is 3.17. The zero-order valence-electron chi connectivity index (χ0n) is 28.3. The van der Waals surface area contributed by atoms with E-state index in [1.807, 2.05) is 84.9 Å². The van der Waals surface area contributed by atoms with Crippen LogP contribution in [0.2, 0.25) is 0 Å². The molecular formula is C41H37N3O6S2. The van der Waals surface area contributed by atoms with Crippen molar-refractivity contribution in [3.8, 4) is 0 Å². The molecule has 1 aliphatic heterocycles. The number of aromatic nitrogens is 1. The number of sulfonamides is 1. The van der Waals surface area contributed by atoms with Crippen LogP contribution in [0.3, 0.4) is 0 Å². The van der Waals surface area contributed by atoms with E-state index in [9.17, 15) is 18.3 Å². The molecule has 0 aliphatic carbocycles. The van der Waals surface area contributed by atoms with E-state index in [4.69, 9.17) is 9.47 Å². The van der Waals surface area contributed by atoms with Crippen LogP contribution in [0.4, 0.5) is 11.4 Å². The van der Waals surface area contributed by atoms with E-state index in [-0.39, 0.29) is 29.4 Å². The van der Waals surface area contributed by atoms with Crippen molar-refractivity contribution < 1.29 is 27.8 Å². The Hall–Kier alpha value is -5.04. The molecule has 52 heavy (non-hydrogen) atoms. The number of nitrogens with zero attached hydrogens (tertiary/aromatic N) is 1. The van der Waals surface area contributed by atoms with Gasteiger partial charge in [-0.2, -0.15) is 0 Å². The number of carbonyl (C=O) groups is 1. The standard InChI is InChI=1S/C41H37N3O6S2/c1-27(46)43-33-19-21-35(22-20-33)51-26-36-38(29-8-3-2-4-9-29)40(31-17-15-28(25-45)16-18-31)50-41(49-36)32-11-5-13-34(24-32)44-52(47,48)37-14-6-10-30-12-7-23-42-39(30)37/h2-24,36,38,40-41,44-45H,25-26H2,1H3,(H,43,46). The fourth-order valence-corrected chi connectivity index (χ4v) is 8.62. The van der Waals surface area contributed by atoms with Crippen molar-refractivity contribution in [2.75, 3.05) is 15.8 Å². The van der Waals surface area contributed by atoms with E-state index in [1.54, 1.807) is 54.4 Å². The summed E-state index contributed by atoms with van der Waals surface area (Å²) in [5, 5.41) is 13.3. The largest absolute Gasteiger partial charge is 0.392 e. The normalized spacial score (nSPS) is 18.9. The summed E-state index contributed by atoms with van der Waals surface area (Å²) in [6, 6.07) is 41.3. The van der Waals surface area contributed by atoms with Crippen LogP contribution in [0.1, 0.15) is 47.5 Å². The summed E-state index contributed by atoms with van der Waals surface area (Å²) in [4.78, 5) is 17.0. The SMILES string of the molecule is CC(=O)Nc1ccc(SCC2OC(c3cccc(NS(=O)(=O)c4cccc5cccnc45)c3)OC(c3ccc(CO)cc3)C2c2ccccc2)cc1. The predicted octanol–water partition coefficient (Wildman–Crippen LogP) is 8.22. The average molecular weight is 732 g/mol. The van der Waals surface area contributed by atoms with Gasteiger partial charge < -0.3 is 19.9 Å². The lowest BCUT2D eigenvalue weighted by Gasteiger charge is -2.43. The smallest absolute Gasteiger partial charge is 0.264 e. The number of aliphatic hydroxyl groups excluding tert-OH is 1. The number of anilines is 2. The van der Waals surface area contributed by atoms with Crippen LogP contribution in [0.25, 0.3) is 10.9 Å². The van der Waals surface area contributed by atoms with Crippen LogP contribution in [0.15, 0.2) is 149 Å². The van der Waals surface area contributed by atoms with Crippen molar-refractivity contribution in [3.05, 3.63) is 162 Å². The number of aliphatic hydroxyl groups is 1. The van der Waals surface area contributed by atoms with Gasteiger partial charge in [0, 0.05) is 52.0 Å². The molecule has 1 amide bonds. The number of hydrogen-bond acceptors (Lipinski definition) is 8. The zero-order valence-corrected chi connectivity index (χ0v) is 29.9. The first-order valence-corrected chi connectivity index (χ1v) is 19.3. The van der Waals surface area contributed by atoms with Gasteiger partial charge >= 0.3 is 0 Å². The Balaban J connectivity index is 1.22. The maximum Gasteiger partial charge on any atom is 0.264 e. The van der Waals surface area contributed by atoms with Crippen LogP contribution < -0.4 is 10.0 Å². The quantitative estimate of drug-likeness (QED) is 0.114. The van der Waals surface area contributed by atoms with Crippen LogP contribution >= 0.6 is 11.8 Å². The maximum atomic E-state index is 13.7. The molecule has 9 nitrogen and oxygen atoms in total. The Morgan fingerprint density at radius 2 is 1.52 bits per heavy atom. The van der Waals surface area contributed by atoms with Gasteiger partial charge in [0.1, 0.15) is 4.90 Å². The summed E-state index contributed by atoms with van der Waals surface area (Å²) in [6.07, 6.45) is -0.0420. The minimum atomic E-state index is -3.99. The summed E-state index contributed by atoms with van der Waals surface area (Å²) < 4.78 is 43.8. The lowest BCUT2D eigenvalue weighted by Crippen LogP contribution is -2.38. The van der Waals surface area contributed by atoms with E-state index in [0.29, 0.717) is 22.5 Å². The third-order valence-electron chi connectivity index (χ3n) is 8.86. The van der Waals surface area contributed by atoms with Crippen molar-refractivity contribution in [1.82, 2.24) is 4.98 Å². The Bertz CT molecular complexity index is 2260. The summed E-state index contributed by atoms with van der Waals surface area (Å²) >= 11 is 1.64. The van der Waals surface area contributed by atoms with E-state index in [1.165, 1.54) is 6.92 Å². The topological polar surface area (TPSA) is 127 Å². The third kappa shape index (κ3) is 8.04. The first-order chi connectivity index (χ1) is 25.3. The summed E-state index contributed by atoms with van der Waals surface area (Å²) in [6.45, 7) is 1.41. The lowest BCUT2D eigenvalue weighted by atomic mass is 9.84. The molecule has 2 heterocycles. The van der Waals surface area contributed by atoms with Crippen LogP contribution in [-0.2, 0) is 30.9 Å². The number of pyridine rings is 1. The van der Waals surface area contributed by atoms with Gasteiger partial charge in [-0.15, -0.1) is 11.8 Å². The first-order valence-electron chi connectivity index (χ1n) is 16.8. The second-order valence-electron chi connectivity index (χ2n) is 12.5. The molecule has 1 aromatic heterocycles. The highest BCUT2D eigenvalue weighted by Crippen LogP contribution is 2.48. The third-order valence-corrected chi connectivity index (χ3v) is 11.4. The molecule has 4 unspecified atom stereocenters. The molecule has 1 fully saturated rings. The molecule has 3 N–H and O–H groups in total. The van der Waals surface area contributed by atoms with Gasteiger partial charge in [0.15, 0.2) is 6.29 Å². The molecule has 5 aromatic carbocycles. The molecule has 11 heteroatoms. The number of para-hydroxylation sites is 1. The molecule has 1 aliphatic rings. The van der Waals surface area contributed by atoms with E-state index < -0.39 is 22.4 Å². The summed E-state index contributed by atoms with van der Waals surface area (Å²) in [7, 11) is -3.99. The maximum absolute atomic E-state index is 13.7. The number of benzene rings is 5. The Morgan fingerprint density at radius 3 is 2.27 bits per heavy atom. The van der Waals surface area contributed by atoms with E-state index >= 15 is 0 Å². The number of amides is 1. The van der Waals surface area contributed by atoms with Crippen LogP contribution in [-0.4, -0.2) is 36.3 Å². The van der Waals surface area contributed by atoms with Crippen molar-refractivity contribution in [2.24, 2.45) is 0 Å². The minimum Gasteiger partial charge on any atom is -0.392 e. The molecular weight excluding hydrogens is 695 g/mol. The monoisotopic (exact) mass is 731 g/mol. The Morgan fingerprint density at radius 1 is 0.788 bits per heavy atom. The Kier molecular flexibility index (Phi) is 10.7. The number of hydrogen-bond donors (Lipinski definition) is 3. The number of carbonyl (C=O) groups excluding carboxylic acids is 1. The van der Waals surface area contributed by atoms with Crippen molar-refractivity contribution in [1.29, 1.82) is 0 Å². The number of ether oxygens (including phenoxy) is 2. The van der Waals surface area contributed by atoms with Crippen LogP contribution in [0, 0.1) is 0 Å². The highest BCUT2D eigenvalue weighted by Gasteiger charge is 2.42. The van der Waals surface area contributed by atoms with Gasteiger partial charge in [-0.3, -0.25) is 14.5 Å².